The second-order valence-corrected chi connectivity index (χ2v) is 7.16. The number of hydrogen-bond donors (Lipinski definition) is 2. The average Bonchev–Trinajstić information content (AvgIpc) is 3.26. The number of aromatic nitrogens is 3. The quantitative estimate of drug-likeness (QED) is 0.716. The summed E-state index contributed by atoms with van der Waals surface area (Å²) in [6.45, 7) is 2.83. The van der Waals surface area contributed by atoms with Gasteiger partial charge in [-0.3, -0.25) is 9.36 Å². The van der Waals surface area contributed by atoms with E-state index in [2.05, 4.69) is 14.9 Å². The first-order valence-electron chi connectivity index (χ1n) is 8.19. The van der Waals surface area contributed by atoms with E-state index in [0.29, 0.717) is 16.6 Å². The molecule has 0 aliphatic carbocycles. The van der Waals surface area contributed by atoms with Crippen molar-refractivity contribution < 1.29 is 9.90 Å². The highest BCUT2D eigenvalue weighted by molar-refractivity contribution is 7.12. The van der Waals surface area contributed by atoms with Crippen LogP contribution in [0.4, 0.5) is 5.82 Å². The van der Waals surface area contributed by atoms with Gasteiger partial charge in [0.25, 0.3) is 0 Å². The van der Waals surface area contributed by atoms with Crippen molar-refractivity contribution in [2.24, 2.45) is 5.73 Å². The summed E-state index contributed by atoms with van der Waals surface area (Å²) in [6, 6.07) is 3.59. The van der Waals surface area contributed by atoms with E-state index in [1.807, 2.05) is 6.92 Å². The number of hydrogen-bond acceptors (Lipinski definition) is 7. The molecule has 3 aromatic rings. The summed E-state index contributed by atoms with van der Waals surface area (Å²) >= 11 is 1.34. The lowest BCUT2D eigenvalue weighted by Gasteiger charge is -2.24. The van der Waals surface area contributed by atoms with Crippen LogP contribution in [0.3, 0.4) is 0 Å². The standard InChI is InChI=1S/C17H17N5O3S/c1-9-12(18)4-6-21(9)13-3-2-10-14(23)11(16(24)25)8-22(15(10)20-13)17-19-5-7-26-17/h2-3,5,7-9,12H,4,6,18H2,1H3,(H,24,25)/t9-,12+/m0/s1. The van der Waals surface area contributed by atoms with Gasteiger partial charge in [-0.2, -0.15) is 0 Å². The smallest absolute Gasteiger partial charge is 0.341 e. The molecule has 0 unspecified atom stereocenters. The summed E-state index contributed by atoms with van der Waals surface area (Å²) in [5, 5.41) is 11.9. The third-order valence-electron chi connectivity index (χ3n) is 4.80. The van der Waals surface area contributed by atoms with Gasteiger partial charge in [0, 0.05) is 36.4 Å². The molecule has 3 N–H and O–H groups in total. The Labute approximate surface area is 152 Å². The Hall–Kier alpha value is -2.78. The minimum absolute atomic E-state index is 0.0723. The lowest BCUT2D eigenvalue weighted by atomic mass is 10.1. The highest BCUT2D eigenvalue weighted by atomic mass is 32.1. The van der Waals surface area contributed by atoms with Gasteiger partial charge < -0.3 is 15.7 Å². The van der Waals surface area contributed by atoms with Crippen LogP contribution >= 0.6 is 11.3 Å². The molecule has 2 atom stereocenters. The number of carboxylic acid groups (broad SMARTS) is 1. The fourth-order valence-corrected chi connectivity index (χ4v) is 3.89. The Morgan fingerprint density at radius 2 is 2.23 bits per heavy atom. The van der Waals surface area contributed by atoms with Gasteiger partial charge in [-0.25, -0.2) is 14.8 Å². The second kappa shape index (κ2) is 6.19. The summed E-state index contributed by atoms with van der Waals surface area (Å²) in [5.74, 6) is -0.559. The summed E-state index contributed by atoms with van der Waals surface area (Å²) in [6.07, 6.45) is 3.79. The van der Waals surface area contributed by atoms with E-state index >= 15 is 0 Å². The van der Waals surface area contributed by atoms with E-state index in [4.69, 9.17) is 5.73 Å². The van der Waals surface area contributed by atoms with E-state index in [9.17, 15) is 14.7 Å². The van der Waals surface area contributed by atoms with Gasteiger partial charge in [-0.15, -0.1) is 11.3 Å². The zero-order valence-electron chi connectivity index (χ0n) is 14.0. The molecule has 0 spiro atoms. The molecule has 0 radical (unpaired) electrons. The van der Waals surface area contributed by atoms with Crippen molar-refractivity contribution in [2.75, 3.05) is 11.4 Å². The van der Waals surface area contributed by atoms with Gasteiger partial charge >= 0.3 is 5.97 Å². The number of nitrogens with two attached hydrogens (primary N) is 1. The summed E-state index contributed by atoms with van der Waals surface area (Å²) in [4.78, 5) is 35.0. The molecule has 1 saturated heterocycles. The average molecular weight is 371 g/mol. The van der Waals surface area contributed by atoms with Crippen molar-refractivity contribution in [3.05, 3.63) is 45.7 Å². The Morgan fingerprint density at radius 1 is 1.42 bits per heavy atom. The lowest BCUT2D eigenvalue weighted by Crippen LogP contribution is -2.37. The fraction of sp³-hybridized carbons (Fsp3) is 0.294. The van der Waals surface area contributed by atoms with Crippen LogP contribution in [-0.2, 0) is 0 Å². The van der Waals surface area contributed by atoms with Crippen LogP contribution in [0.15, 0.2) is 34.7 Å². The Bertz CT molecular complexity index is 1050. The van der Waals surface area contributed by atoms with Crippen LogP contribution in [-0.4, -0.2) is 44.2 Å². The highest BCUT2D eigenvalue weighted by Crippen LogP contribution is 2.26. The van der Waals surface area contributed by atoms with Crippen molar-refractivity contribution >= 4 is 34.2 Å². The summed E-state index contributed by atoms with van der Waals surface area (Å²) in [5.41, 5.74) is 5.64. The molecule has 1 fully saturated rings. The first-order valence-corrected chi connectivity index (χ1v) is 9.07. The van der Waals surface area contributed by atoms with Crippen LogP contribution in [0.1, 0.15) is 23.7 Å². The topological polar surface area (TPSA) is 114 Å². The maximum atomic E-state index is 12.6. The predicted octanol–water partition coefficient (Wildman–Crippen LogP) is 1.47. The number of pyridine rings is 2. The maximum absolute atomic E-state index is 12.6. The Morgan fingerprint density at radius 3 is 2.85 bits per heavy atom. The molecule has 9 heteroatoms. The van der Waals surface area contributed by atoms with Crippen molar-refractivity contribution in [1.82, 2.24) is 14.5 Å². The van der Waals surface area contributed by atoms with Gasteiger partial charge in [-0.1, -0.05) is 0 Å². The van der Waals surface area contributed by atoms with Gasteiger partial charge in [0.2, 0.25) is 5.43 Å². The van der Waals surface area contributed by atoms with E-state index in [0.717, 1.165) is 13.0 Å². The number of carboxylic acids is 1. The van der Waals surface area contributed by atoms with Crippen molar-refractivity contribution in [3.63, 3.8) is 0 Å². The van der Waals surface area contributed by atoms with Crippen molar-refractivity contribution in [1.29, 1.82) is 0 Å². The molecule has 26 heavy (non-hydrogen) atoms. The summed E-state index contributed by atoms with van der Waals surface area (Å²) < 4.78 is 1.56. The molecule has 1 aliphatic rings. The first kappa shape index (κ1) is 16.7. The Balaban J connectivity index is 1.97. The van der Waals surface area contributed by atoms with Crippen molar-refractivity contribution in [3.8, 4) is 5.13 Å². The number of rotatable bonds is 3. The normalized spacial score (nSPS) is 20.0. The zero-order valence-corrected chi connectivity index (χ0v) is 14.8. The molecule has 0 saturated carbocycles. The van der Waals surface area contributed by atoms with E-state index < -0.39 is 11.4 Å². The molecule has 4 heterocycles. The third kappa shape index (κ3) is 2.56. The van der Waals surface area contributed by atoms with E-state index in [-0.39, 0.29) is 23.0 Å². The third-order valence-corrected chi connectivity index (χ3v) is 5.57. The number of aromatic carboxylic acids is 1. The zero-order chi connectivity index (χ0) is 18.4. The molecule has 0 bridgehead atoms. The van der Waals surface area contributed by atoms with E-state index in [1.54, 1.807) is 28.3 Å². The van der Waals surface area contributed by atoms with Crippen LogP contribution in [0.5, 0.6) is 0 Å². The molecule has 3 aromatic heterocycles. The molecule has 0 amide bonds. The highest BCUT2D eigenvalue weighted by Gasteiger charge is 2.29. The molecule has 134 valence electrons. The molecular formula is C17H17N5O3S. The van der Waals surface area contributed by atoms with Gasteiger partial charge in [-0.05, 0) is 25.5 Å². The predicted molar refractivity (Wildman–Crippen MR) is 99.4 cm³/mol. The van der Waals surface area contributed by atoms with Crippen LogP contribution in [0.25, 0.3) is 16.2 Å². The van der Waals surface area contributed by atoms with Gasteiger partial charge in [0.05, 0.1) is 5.39 Å². The SMILES string of the molecule is C[C@H]1[C@H](N)CCN1c1ccc2c(=O)c(C(=O)O)cn(-c3nccs3)c2n1. The number of anilines is 1. The van der Waals surface area contributed by atoms with Crippen LogP contribution in [0, 0.1) is 0 Å². The number of carbonyl (C=O) groups is 1. The first-order chi connectivity index (χ1) is 12.5. The minimum Gasteiger partial charge on any atom is -0.477 e. The number of thiazole rings is 1. The molecular weight excluding hydrogens is 354 g/mol. The summed E-state index contributed by atoms with van der Waals surface area (Å²) in [7, 11) is 0. The molecule has 1 aliphatic heterocycles. The van der Waals surface area contributed by atoms with Crippen molar-refractivity contribution in [2.45, 2.75) is 25.4 Å². The van der Waals surface area contributed by atoms with Crippen LogP contribution < -0.4 is 16.1 Å². The van der Waals surface area contributed by atoms with Gasteiger partial charge in [0.15, 0.2) is 10.8 Å². The Kier molecular flexibility index (Phi) is 3.97. The van der Waals surface area contributed by atoms with Gasteiger partial charge in [0.1, 0.15) is 11.4 Å². The second-order valence-electron chi connectivity index (χ2n) is 6.29. The minimum atomic E-state index is -1.27. The molecule has 8 nitrogen and oxygen atoms in total. The lowest BCUT2D eigenvalue weighted by molar-refractivity contribution is 0.0695. The van der Waals surface area contributed by atoms with E-state index in [1.165, 1.54) is 17.5 Å². The molecule has 4 rings (SSSR count). The van der Waals surface area contributed by atoms with Crippen LogP contribution in [0.2, 0.25) is 0 Å². The number of fused-ring (bicyclic) bond motifs is 1. The monoisotopic (exact) mass is 371 g/mol. The number of nitrogens with zero attached hydrogens (tertiary/aromatic N) is 4. The fourth-order valence-electron chi connectivity index (χ4n) is 3.27. The largest absolute Gasteiger partial charge is 0.477 e. The maximum Gasteiger partial charge on any atom is 0.341 e. The molecule has 0 aromatic carbocycles.